The summed E-state index contributed by atoms with van der Waals surface area (Å²) in [6.07, 6.45) is 0.906. The molecule has 0 aromatic heterocycles. The largest absolute Gasteiger partial charge is 0.393 e. The summed E-state index contributed by atoms with van der Waals surface area (Å²) in [5.41, 5.74) is 0. The van der Waals surface area contributed by atoms with Gasteiger partial charge in [0, 0.05) is 0 Å². The highest BCUT2D eigenvalue weighted by molar-refractivity contribution is 4.66. The van der Waals surface area contributed by atoms with Gasteiger partial charge in [-0.2, -0.15) is 0 Å². The standard InChI is InChI=1S/C9H18F2O/c1-2-3-4-5-6-8(10)9(11)7-12/h8-9,12H,2-7H2,1H3. The molecule has 1 nitrogen and oxygen atoms in total. The summed E-state index contributed by atoms with van der Waals surface area (Å²) >= 11 is 0. The molecule has 0 aromatic rings. The van der Waals surface area contributed by atoms with E-state index in [0.29, 0.717) is 0 Å². The van der Waals surface area contributed by atoms with Crippen molar-refractivity contribution in [2.24, 2.45) is 0 Å². The Labute approximate surface area is 72.8 Å². The van der Waals surface area contributed by atoms with Crippen LogP contribution < -0.4 is 0 Å². The maximum atomic E-state index is 12.7. The van der Waals surface area contributed by atoms with Crippen LogP contribution in [0.5, 0.6) is 0 Å². The number of alkyl halides is 2. The van der Waals surface area contributed by atoms with E-state index in [1.165, 1.54) is 0 Å². The van der Waals surface area contributed by atoms with Gasteiger partial charge in [-0.3, -0.25) is 0 Å². The molecule has 0 radical (unpaired) electrons. The summed E-state index contributed by atoms with van der Waals surface area (Å²) in [6, 6.07) is 0. The van der Waals surface area contributed by atoms with Crippen LogP contribution >= 0.6 is 0 Å². The van der Waals surface area contributed by atoms with Gasteiger partial charge in [0.05, 0.1) is 6.61 Å². The highest BCUT2D eigenvalue weighted by Gasteiger charge is 2.18. The van der Waals surface area contributed by atoms with Crippen LogP contribution in [0.1, 0.15) is 39.0 Å². The molecule has 0 aliphatic heterocycles. The number of rotatable bonds is 7. The van der Waals surface area contributed by atoms with Crippen molar-refractivity contribution in [2.45, 2.75) is 51.4 Å². The molecule has 0 saturated carbocycles. The molecule has 0 bridgehead atoms. The van der Waals surface area contributed by atoms with Crippen molar-refractivity contribution in [2.75, 3.05) is 6.61 Å². The van der Waals surface area contributed by atoms with Gasteiger partial charge in [-0.25, -0.2) is 8.78 Å². The molecule has 0 aliphatic carbocycles. The maximum Gasteiger partial charge on any atom is 0.154 e. The van der Waals surface area contributed by atoms with Crippen LogP contribution in [-0.2, 0) is 0 Å². The Morgan fingerprint density at radius 3 is 2.25 bits per heavy atom. The normalized spacial score (nSPS) is 16.0. The van der Waals surface area contributed by atoms with Crippen molar-refractivity contribution in [3.05, 3.63) is 0 Å². The van der Waals surface area contributed by atoms with Gasteiger partial charge < -0.3 is 5.11 Å². The molecule has 2 unspecified atom stereocenters. The van der Waals surface area contributed by atoms with E-state index in [4.69, 9.17) is 5.11 Å². The van der Waals surface area contributed by atoms with Crippen molar-refractivity contribution in [3.63, 3.8) is 0 Å². The Kier molecular flexibility index (Phi) is 7.36. The molecular weight excluding hydrogens is 162 g/mol. The highest BCUT2D eigenvalue weighted by Crippen LogP contribution is 2.13. The third-order valence-corrected chi connectivity index (χ3v) is 1.90. The quantitative estimate of drug-likeness (QED) is 0.597. The van der Waals surface area contributed by atoms with E-state index < -0.39 is 19.0 Å². The molecule has 0 saturated heterocycles. The van der Waals surface area contributed by atoms with Crippen LogP contribution in [0.4, 0.5) is 8.78 Å². The van der Waals surface area contributed by atoms with E-state index in [1.807, 2.05) is 0 Å². The summed E-state index contributed by atoms with van der Waals surface area (Å²) < 4.78 is 25.1. The SMILES string of the molecule is CCCCCCC(F)C(F)CO. The van der Waals surface area contributed by atoms with Crippen molar-refractivity contribution in [1.82, 2.24) is 0 Å². The third kappa shape index (κ3) is 5.47. The molecule has 1 N–H and O–H groups in total. The molecule has 2 atom stereocenters. The first-order chi connectivity index (χ1) is 5.72. The number of unbranched alkanes of at least 4 members (excludes halogenated alkanes) is 3. The topological polar surface area (TPSA) is 20.2 Å². The average molecular weight is 180 g/mol. The van der Waals surface area contributed by atoms with Gasteiger partial charge in [0.25, 0.3) is 0 Å². The first-order valence-electron chi connectivity index (χ1n) is 4.61. The lowest BCUT2D eigenvalue weighted by Gasteiger charge is -2.10. The predicted molar refractivity (Wildman–Crippen MR) is 45.6 cm³/mol. The van der Waals surface area contributed by atoms with Gasteiger partial charge in [0.1, 0.15) is 6.17 Å². The fraction of sp³-hybridized carbons (Fsp3) is 1.00. The smallest absolute Gasteiger partial charge is 0.154 e. The molecule has 0 rings (SSSR count). The summed E-state index contributed by atoms with van der Waals surface area (Å²) in [7, 11) is 0. The zero-order valence-corrected chi connectivity index (χ0v) is 7.60. The molecule has 0 amide bonds. The molecule has 0 heterocycles. The molecule has 0 fully saturated rings. The zero-order valence-electron chi connectivity index (χ0n) is 7.60. The van der Waals surface area contributed by atoms with Crippen LogP contribution in [0.15, 0.2) is 0 Å². The van der Waals surface area contributed by atoms with E-state index in [9.17, 15) is 8.78 Å². The van der Waals surface area contributed by atoms with Crippen LogP contribution in [0, 0.1) is 0 Å². The van der Waals surface area contributed by atoms with E-state index in [2.05, 4.69) is 6.92 Å². The lowest BCUT2D eigenvalue weighted by atomic mass is 10.1. The van der Waals surface area contributed by atoms with E-state index >= 15 is 0 Å². The van der Waals surface area contributed by atoms with E-state index in [0.717, 1.165) is 25.7 Å². The number of halogens is 2. The maximum absolute atomic E-state index is 12.7. The van der Waals surface area contributed by atoms with E-state index in [-0.39, 0.29) is 6.42 Å². The van der Waals surface area contributed by atoms with Crippen molar-refractivity contribution < 1.29 is 13.9 Å². The molecule has 0 aliphatic rings. The summed E-state index contributed by atoms with van der Waals surface area (Å²) in [5, 5.41) is 8.29. The fourth-order valence-electron chi connectivity index (χ4n) is 1.06. The summed E-state index contributed by atoms with van der Waals surface area (Å²) in [4.78, 5) is 0. The second kappa shape index (κ2) is 7.47. The number of hydrogen-bond acceptors (Lipinski definition) is 1. The highest BCUT2D eigenvalue weighted by atomic mass is 19.2. The molecule has 0 aromatic carbocycles. The number of hydrogen-bond donors (Lipinski definition) is 1. The average Bonchev–Trinajstić information content (AvgIpc) is 2.10. The second-order valence-corrected chi connectivity index (χ2v) is 3.06. The van der Waals surface area contributed by atoms with Gasteiger partial charge in [-0.1, -0.05) is 32.6 Å². The predicted octanol–water partition coefficient (Wildman–Crippen LogP) is 2.63. The molecular formula is C9H18F2O. The molecule has 12 heavy (non-hydrogen) atoms. The summed E-state index contributed by atoms with van der Waals surface area (Å²) in [6.45, 7) is 1.37. The third-order valence-electron chi connectivity index (χ3n) is 1.90. The molecule has 74 valence electrons. The Bertz CT molecular complexity index is 98.5. The van der Waals surface area contributed by atoms with Gasteiger partial charge in [0.2, 0.25) is 0 Å². The molecule has 3 heteroatoms. The second-order valence-electron chi connectivity index (χ2n) is 3.06. The Morgan fingerprint density at radius 2 is 1.75 bits per heavy atom. The van der Waals surface area contributed by atoms with Gasteiger partial charge >= 0.3 is 0 Å². The first kappa shape index (κ1) is 11.8. The Morgan fingerprint density at radius 1 is 1.08 bits per heavy atom. The minimum absolute atomic E-state index is 0.238. The fourth-order valence-corrected chi connectivity index (χ4v) is 1.06. The Hall–Kier alpha value is -0.180. The van der Waals surface area contributed by atoms with Crippen LogP contribution in [0.3, 0.4) is 0 Å². The van der Waals surface area contributed by atoms with Crippen LogP contribution in [-0.4, -0.2) is 24.1 Å². The monoisotopic (exact) mass is 180 g/mol. The van der Waals surface area contributed by atoms with Crippen molar-refractivity contribution in [3.8, 4) is 0 Å². The van der Waals surface area contributed by atoms with Gasteiger partial charge in [-0.05, 0) is 6.42 Å². The van der Waals surface area contributed by atoms with Crippen LogP contribution in [0.2, 0.25) is 0 Å². The van der Waals surface area contributed by atoms with Crippen molar-refractivity contribution in [1.29, 1.82) is 0 Å². The first-order valence-corrected chi connectivity index (χ1v) is 4.61. The number of aliphatic hydroxyl groups excluding tert-OH is 1. The number of aliphatic hydroxyl groups is 1. The zero-order chi connectivity index (χ0) is 9.40. The van der Waals surface area contributed by atoms with Crippen LogP contribution in [0.25, 0.3) is 0 Å². The van der Waals surface area contributed by atoms with E-state index in [1.54, 1.807) is 0 Å². The van der Waals surface area contributed by atoms with Crippen molar-refractivity contribution >= 4 is 0 Å². The lowest BCUT2D eigenvalue weighted by molar-refractivity contribution is 0.0913. The lowest BCUT2D eigenvalue weighted by Crippen LogP contribution is -2.20. The summed E-state index contributed by atoms with van der Waals surface area (Å²) in [5.74, 6) is 0. The van der Waals surface area contributed by atoms with Gasteiger partial charge in [0.15, 0.2) is 6.17 Å². The Balaban J connectivity index is 3.24. The minimum atomic E-state index is -1.69. The minimum Gasteiger partial charge on any atom is -0.393 e. The molecule has 0 spiro atoms. The van der Waals surface area contributed by atoms with Gasteiger partial charge in [-0.15, -0.1) is 0 Å².